The number of rotatable bonds is 2. The zero-order chi connectivity index (χ0) is 16.9. The van der Waals surface area contributed by atoms with E-state index in [-0.39, 0.29) is 5.04 Å². The summed E-state index contributed by atoms with van der Waals surface area (Å²) in [6.07, 6.45) is 0. The highest BCUT2D eigenvalue weighted by atomic mass is 28.3. The first-order valence-corrected chi connectivity index (χ1v) is 9.74. The lowest BCUT2D eigenvalue weighted by atomic mass is 10.2. The minimum Gasteiger partial charge on any atom is -0.410 e. The van der Waals surface area contributed by atoms with Gasteiger partial charge in [-0.3, -0.25) is 0 Å². The summed E-state index contributed by atoms with van der Waals surface area (Å²) in [5.41, 5.74) is 4.00. The minimum atomic E-state index is -2.38. The average molecular weight is 321 g/mol. The molecule has 0 aliphatic carbocycles. The predicted octanol–water partition coefficient (Wildman–Crippen LogP) is 3.44. The highest BCUT2D eigenvalue weighted by Crippen LogP contribution is 2.35. The third-order valence-corrected chi connectivity index (χ3v) is 9.27. The Labute approximate surface area is 139 Å². The first-order valence-electron chi connectivity index (χ1n) is 7.74. The summed E-state index contributed by atoms with van der Waals surface area (Å²) in [6, 6.07) is 21.0. The molecule has 0 saturated heterocycles. The van der Waals surface area contributed by atoms with Crippen LogP contribution in [0.4, 0.5) is 0 Å². The highest BCUT2D eigenvalue weighted by molar-refractivity contribution is 7.10. The molecule has 0 bridgehead atoms. The van der Waals surface area contributed by atoms with Gasteiger partial charge in [0.1, 0.15) is 5.71 Å². The van der Waals surface area contributed by atoms with Crippen LogP contribution in [0.1, 0.15) is 27.7 Å². The molecule has 0 aliphatic rings. The quantitative estimate of drug-likeness (QED) is 0.297. The van der Waals surface area contributed by atoms with E-state index < -0.39 is 8.07 Å². The maximum atomic E-state index is 8.98. The SMILES string of the molecule is C/C(C#C[Si](c1ccccc1)(c1ccccc1)C(C)(C)C)=N\O. The number of oxime groups is 1. The van der Waals surface area contributed by atoms with Gasteiger partial charge in [0.25, 0.3) is 0 Å². The van der Waals surface area contributed by atoms with E-state index in [1.807, 2.05) is 12.1 Å². The molecule has 0 saturated carbocycles. The van der Waals surface area contributed by atoms with Gasteiger partial charge in [0, 0.05) is 0 Å². The van der Waals surface area contributed by atoms with Crippen LogP contribution in [-0.4, -0.2) is 19.0 Å². The average Bonchev–Trinajstić information content (AvgIpc) is 2.56. The van der Waals surface area contributed by atoms with E-state index in [9.17, 15) is 0 Å². The van der Waals surface area contributed by atoms with E-state index in [4.69, 9.17) is 5.21 Å². The Morgan fingerprint density at radius 3 is 1.70 bits per heavy atom. The number of hydrogen-bond acceptors (Lipinski definition) is 2. The summed E-state index contributed by atoms with van der Waals surface area (Å²) in [5.74, 6) is 3.09. The fourth-order valence-electron chi connectivity index (χ4n) is 2.95. The molecule has 3 heteroatoms. The van der Waals surface area contributed by atoms with E-state index in [0.29, 0.717) is 5.71 Å². The maximum Gasteiger partial charge on any atom is 0.204 e. The van der Waals surface area contributed by atoms with Crippen LogP contribution in [0.25, 0.3) is 0 Å². The van der Waals surface area contributed by atoms with Crippen molar-refractivity contribution in [3.8, 4) is 11.5 Å². The third kappa shape index (κ3) is 3.38. The Hall–Kier alpha value is -2.31. The van der Waals surface area contributed by atoms with E-state index >= 15 is 0 Å². The molecule has 23 heavy (non-hydrogen) atoms. The fourth-order valence-corrected chi connectivity index (χ4v) is 7.43. The Morgan fingerprint density at radius 1 is 0.913 bits per heavy atom. The summed E-state index contributed by atoms with van der Waals surface area (Å²) >= 11 is 0. The van der Waals surface area contributed by atoms with E-state index in [0.717, 1.165) is 0 Å². The number of benzene rings is 2. The second-order valence-corrected chi connectivity index (χ2v) is 11.1. The van der Waals surface area contributed by atoms with Crippen molar-refractivity contribution in [3.05, 3.63) is 60.7 Å². The Morgan fingerprint density at radius 2 is 1.35 bits per heavy atom. The van der Waals surface area contributed by atoms with E-state index in [1.165, 1.54) is 10.4 Å². The normalized spacial score (nSPS) is 12.4. The topological polar surface area (TPSA) is 32.6 Å². The first kappa shape index (κ1) is 17.0. The van der Waals surface area contributed by atoms with Crippen molar-refractivity contribution in [1.82, 2.24) is 0 Å². The van der Waals surface area contributed by atoms with Crippen LogP contribution in [-0.2, 0) is 0 Å². The van der Waals surface area contributed by atoms with Gasteiger partial charge in [-0.1, -0.05) is 92.5 Å². The lowest BCUT2D eigenvalue weighted by Crippen LogP contribution is -2.63. The molecule has 2 rings (SSSR count). The van der Waals surface area contributed by atoms with Crippen molar-refractivity contribution in [2.45, 2.75) is 32.7 Å². The molecule has 0 unspecified atom stereocenters. The molecule has 0 radical (unpaired) electrons. The smallest absolute Gasteiger partial charge is 0.204 e. The zero-order valence-corrected chi connectivity index (χ0v) is 15.2. The van der Waals surface area contributed by atoms with E-state index in [1.54, 1.807) is 6.92 Å². The summed E-state index contributed by atoms with van der Waals surface area (Å²) in [7, 11) is -2.38. The molecule has 2 aromatic rings. The van der Waals surface area contributed by atoms with Crippen LogP contribution in [0.3, 0.4) is 0 Å². The molecule has 0 aliphatic heterocycles. The van der Waals surface area contributed by atoms with Crippen molar-refractivity contribution in [1.29, 1.82) is 0 Å². The molecule has 0 atom stereocenters. The largest absolute Gasteiger partial charge is 0.410 e. The van der Waals surface area contributed by atoms with Crippen LogP contribution >= 0.6 is 0 Å². The molecule has 0 amide bonds. The molecule has 0 spiro atoms. The molecule has 0 fully saturated rings. The van der Waals surface area contributed by atoms with E-state index in [2.05, 4.69) is 85.9 Å². The van der Waals surface area contributed by atoms with Crippen molar-refractivity contribution in [2.24, 2.45) is 5.16 Å². The zero-order valence-electron chi connectivity index (χ0n) is 14.2. The van der Waals surface area contributed by atoms with Gasteiger partial charge in [0.15, 0.2) is 0 Å². The summed E-state index contributed by atoms with van der Waals surface area (Å²) in [6.45, 7) is 8.47. The predicted molar refractivity (Wildman–Crippen MR) is 100 cm³/mol. The molecule has 2 nitrogen and oxygen atoms in total. The maximum absolute atomic E-state index is 8.98. The molecule has 1 N–H and O–H groups in total. The van der Waals surface area contributed by atoms with Gasteiger partial charge < -0.3 is 5.21 Å². The van der Waals surface area contributed by atoms with Crippen LogP contribution in [0.2, 0.25) is 5.04 Å². The fraction of sp³-hybridized carbons (Fsp3) is 0.250. The van der Waals surface area contributed by atoms with Crippen LogP contribution in [0, 0.1) is 11.5 Å². The Balaban J connectivity index is 2.82. The number of nitrogens with zero attached hydrogens (tertiary/aromatic N) is 1. The van der Waals surface area contributed by atoms with Gasteiger partial charge in [-0.15, -0.1) is 5.54 Å². The van der Waals surface area contributed by atoms with Gasteiger partial charge in [-0.25, -0.2) is 0 Å². The third-order valence-electron chi connectivity index (χ3n) is 4.12. The Kier molecular flexibility index (Phi) is 5.07. The molecular weight excluding hydrogens is 298 g/mol. The highest BCUT2D eigenvalue weighted by Gasteiger charge is 2.46. The van der Waals surface area contributed by atoms with Crippen molar-refractivity contribution in [3.63, 3.8) is 0 Å². The van der Waals surface area contributed by atoms with Crippen molar-refractivity contribution < 1.29 is 5.21 Å². The first-order chi connectivity index (χ1) is 10.9. The molecule has 0 heterocycles. The molecule has 2 aromatic carbocycles. The second-order valence-electron chi connectivity index (χ2n) is 6.67. The molecule has 118 valence electrons. The summed E-state index contributed by atoms with van der Waals surface area (Å²) in [5, 5.41) is 14.7. The van der Waals surface area contributed by atoms with Gasteiger partial charge in [-0.05, 0) is 22.3 Å². The minimum absolute atomic E-state index is 0.0154. The van der Waals surface area contributed by atoms with Gasteiger partial charge in [0.05, 0.1) is 0 Å². The molecular formula is C20H23NOSi. The van der Waals surface area contributed by atoms with Crippen LogP contribution in [0.15, 0.2) is 65.8 Å². The van der Waals surface area contributed by atoms with Crippen LogP contribution in [0.5, 0.6) is 0 Å². The lowest BCUT2D eigenvalue weighted by Gasteiger charge is -2.39. The molecule has 0 aromatic heterocycles. The standard InChI is InChI=1S/C20H23NOSi/c1-17(21-22)15-16-23(20(2,3)4,18-11-7-5-8-12-18)19-13-9-6-10-14-19/h5-14,22H,1-4H3/b21-17+. The van der Waals surface area contributed by atoms with Gasteiger partial charge in [0.2, 0.25) is 8.07 Å². The monoisotopic (exact) mass is 321 g/mol. The van der Waals surface area contributed by atoms with Gasteiger partial charge >= 0.3 is 0 Å². The summed E-state index contributed by atoms with van der Waals surface area (Å²) < 4.78 is 0. The van der Waals surface area contributed by atoms with Crippen molar-refractivity contribution in [2.75, 3.05) is 0 Å². The van der Waals surface area contributed by atoms with Crippen LogP contribution < -0.4 is 10.4 Å². The summed E-state index contributed by atoms with van der Waals surface area (Å²) in [4.78, 5) is 0. The Bertz CT molecular complexity index is 694. The lowest BCUT2D eigenvalue weighted by molar-refractivity contribution is 0.319. The number of hydrogen-bond donors (Lipinski definition) is 1. The second kappa shape index (κ2) is 6.85. The van der Waals surface area contributed by atoms with Crippen molar-refractivity contribution >= 4 is 24.2 Å². The van der Waals surface area contributed by atoms with Gasteiger partial charge in [-0.2, -0.15) is 0 Å².